The number of carbonyl (C=O) groups excluding carboxylic acids is 1. The molecule has 1 aliphatic rings. The van der Waals surface area contributed by atoms with E-state index < -0.39 is 10.0 Å². The van der Waals surface area contributed by atoms with Gasteiger partial charge in [0.05, 0.1) is 16.4 Å². The minimum absolute atomic E-state index is 0.115. The molecule has 0 N–H and O–H groups in total. The van der Waals surface area contributed by atoms with E-state index in [2.05, 4.69) is 26.1 Å². The maximum atomic E-state index is 12.9. The van der Waals surface area contributed by atoms with Gasteiger partial charge in [-0.05, 0) is 47.1 Å². The second-order valence-corrected chi connectivity index (χ2v) is 10.7. The number of carbonyl (C=O) groups is 1. The predicted octanol–water partition coefficient (Wildman–Crippen LogP) is 2.52. The first-order valence-corrected chi connectivity index (χ1v) is 12.7. The van der Waals surface area contributed by atoms with Crippen LogP contribution >= 0.6 is 27.5 Å². The summed E-state index contributed by atoms with van der Waals surface area (Å²) in [6.07, 6.45) is 3.02. The molecular weight excluding hydrogens is 536 g/mol. The van der Waals surface area contributed by atoms with Crippen molar-refractivity contribution in [2.45, 2.75) is 18.6 Å². The van der Waals surface area contributed by atoms with Gasteiger partial charge in [0.15, 0.2) is 12.4 Å². The molecule has 1 aliphatic heterocycles. The normalized spacial score (nSPS) is 15.1. The summed E-state index contributed by atoms with van der Waals surface area (Å²) in [5.74, 6) is 0.347. The average molecular weight is 558 g/mol. The molecule has 0 bridgehead atoms. The van der Waals surface area contributed by atoms with Crippen LogP contribution in [-0.2, 0) is 23.8 Å². The van der Waals surface area contributed by atoms with Gasteiger partial charge in [0, 0.05) is 44.4 Å². The Morgan fingerprint density at radius 2 is 1.94 bits per heavy atom. The lowest BCUT2D eigenvalue weighted by Gasteiger charge is -2.33. The third kappa shape index (κ3) is 4.93. The van der Waals surface area contributed by atoms with Gasteiger partial charge in [0.25, 0.3) is 5.91 Å². The van der Waals surface area contributed by atoms with E-state index in [4.69, 9.17) is 16.3 Å². The number of rotatable bonds is 6. The second-order valence-electron chi connectivity index (χ2n) is 7.50. The maximum Gasteiger partial charge on any atom is 0.274 e. The van der Waals surface area contributed by atoms with Gasteiger partial charge >= 0.3 is 0 Å². The number of benzene rings is 1. The highest BCUT2D eigenvalue weighted by Gasteiger charge is 2.33. The molecule has 176 valence electrons. The van der Waals surface area contributed by atoms with Crippen LogP contribution in [0.25, 0.3) is 0 Å². The van der Waals surface area contributed by atoms with E-state index in [9.17, 15) is 13.2 Å². The van der Waals surface area contributed by atoms with Crippen molar-refractivity contribution >= 4 is 43.5 Å². The fourth-order valence-corrected chi connectivity index (χ4v) is 5.85. The maximum absolute atomic E-state index is 12.9. The molecule has 10 nitrogen and oxygen atoms in total. The van der Waals surface area contributed by atoms with E-state index in [0.717, 1.165) is 0 Å². The fraction of sp³-hybridized carbons (Fsp3) is 0.350. The quantitative estimate of drug-likeness (QED) is 0.462. The van der Waals surface area contributed by atoms with Crippen molar-refractivity contribution in [1.29, 1.82) is 0 Å². The highest BCUT2D eigenvalue weighted by atomic mass is 79.9. The number of aryl methyl sites for hydroxylation is 1. The summed E-state index contributed by atoms with van der Waals surface area (Å²) in [5, 5.41) is 8.90. The molecule has 0 radical (unpaired) electrons. The van der Waals surface area contributed by atoms with Crippen LogP contribution in [0.1, 0.15) is 16.2 Å². The van der Waals surface area contributed by atoms with Crippen LogP contribution in [0.2, 0.25) is 5.02 Å². The van der Waals surface area contributed by atoms with Crippen LogP contribution in [0.4, 0.5) is 0 Å². The number of nitrogens with zero attached hydrogens (tertiary/aromatic N) is 6. The van der Waals surface area contributed by atoms with Crippen molar-refractivity contribution in [2.24, 2.45) is 7.05 Å². The zero-order valence-electron chi connectivity index (χ0n) is 18.0. The van der Waals surface area contributed by atoms with Crippen LogP contribution in [0, 0.1) is 6.92 Å². The number of amides is 1. The Labute approximate surface area is 204 Å². The second kappa shape index (κ2) is 9.45. The monoisotopic (exact) mass is 556 g/mol. The fourth-order valence-electron chi connectivity index (χ4n) is 3.44. The van der Waals surface area contributed by atoms with Crippen molar-refractivity contribution in [3.05, 3.63) is 57.5 Å². The number of hydrogen-bond acceptors (Lipinski definition) is 6. The molecule has 0 spiro atoms. The van der Waals surface area contributed by atoms with Gasteiger partial charge in [-0.25, -0.2) is 13.1 Å². The molecule has 33 heavy (non-hydrogen) atoms. The Bertz CT molecular complexity index is 1280. The van der Waals surface area contributed by atoms with Gasteiger partial charge < -0.3 is 9.64 Å². The lowest BCUT2D eigenvalue weighted by Crippen LogP contribution is -2.50. The third-order valence-electron chi connectivity index (χ3n) is 5.44. The van der Waals surface area contributed by atoms with Crippen molar-refractivity contribution in [2.75, 3.05) is 26.2 Å². The molecular formula is C20H22BrClN6O4S. The molecule has 1 fully saturated rings. The summed E-state index contributed by atoms with van der Waals surface area (Å²) in [7, 11) is -1.96. The van der Waals surface area contributed by atoms with E-state index in [1.165, 1.54) is 19.9 Å². The van der Waals surface area contributed by atoms with Gasteiger partial charge in [-0.1, -0.05) is 11.6 Å². The molecule has 13 heteroatoms. The third-order valence-corrected chi connectivity index (χ3v) is 8.30. The largest absolute Gasteiger partial charge is 0.470 e. The molecule has 1 aromatic carbocycles. The molecule has 0 saturated carbocycles. The summed E-state index contributed by atoms with van der Waals surface area (Å²) >= 11 is 9.32. The molecule has 4 rings (SSSR count). The first-order chi connectivity index (χ1) is 15.7. The van der Waals surface area contributed by atoms with E-state index in [-0.39, 0.29) is 49.4 Å². The van der Waals surface area contributed by atoms with Gasteiger partial charge in [-0.3, -0.25) is 9.48 Å². The predicted molar refractivity (Wildman–Crippen MR) is 125 cm³/mol. The lowest BCUT2D eigenvalue weighted by atomic mass is 10.3. The Morgan fingerprint density at radius 1 is 1.21 bits per heavy atom. The number of ether oxygens (including phenoxy) is 1. The van der Waals surface area contributed by atoms with Gasteiger partial charge in [-0.15, -0.1) is 0 Å². The number of piperazine rings is 1. The lowest BCUT2D eigenvalue weighted by molar-refractivity contribution is 0.0690. The number of aromatic nitrogens is 4. The molecule has 1 saturated heterocycles. The van der Waals surface area contributed by atoms with Gasteiger partial charge in [0.1, 0.15) is 10.6 Å². The molecule has 0 atom stereocenters. The first-order valence-electron chi connectivity index (χ1n) is 10.1. The molecule has 0 aliphatic carbocycles. The van der Waals surface area contributed by atoms with E-state index in [1.54, 1.807) is 49.3 Å². The Morgan fingerprint density at radius 3 is 2.58 bits per heavy atom. The molecule has 3 heterocycles. The van der Waals surface area contributed by atoms with E-state index in [1.807, 2.05) is 0 Å². The minimum atomic E-state index is -3.66. The minimum Gasteiger partial charge on any atom is -0.470 e. The highest BCUT2D eigenvalue weighted by molar-refractivity contribution is 9.10. The zero-order chi connectivity index (χ0) is 23.8. The SMILES string of the molecule is Cc1c(S(=O)(=O)N2CCN(C(=O)c3ccn(COc4ccc(Cl)cc4Br)n3)CC2)cnn1C. The summed E-state index contributed by atoms with van der Waals surface area (Å²) < 4.78 is 36.7. The summed E-state index contributed by atoms with van der Waals surface area (Å²) in [4.78, 5) is 14.7. The van der Waals surface area contributed by atoms with E-state index in [0.29, 0.717) is 20.9 Å². The van der Waals surface area contributed by atoms with Crippen LogP contribution < -0.4 is 4.74 Å². The molecule has 1 amide bonds. The first kappa shape index (κ1) is 23.7. The molecule has 3 aromatic rings. The Balaban J connectivity index is 1.35. The summed E-state index contributed by atoms with van der Waals surface area (Å²) in [6.45, 7) is 2.79. The van der Waals surface area contributed by atoms with Crippen molar-refractivity contribution < 1.29 is 17.9 Å². The van der Waals surface area contributed by atoms with Crippen molar-refractivity contribution in [3.8, 4) is 5.75 Å². The van der Waals surface area contributed by atoms with Crippen LogP contribution in [0.3, 0.4) is 0 Å². The van der Waals surface area contributed by atoms with Crippen molar-refractivity contribution in [1.82, 2.24) is 28.8 Å². The van der Waals surface area contributed by atoms with Crippen LogP contribution in [0.15, 0.2) is 46.0 Å². The Hall–Kier alpha value is -2.41. The van der Waals surface area contributed by atoms with Gasteiger partial charge in [0.2, 0.25) is 10.0 Å². The molecule has 2 aromatic heterocycles. The van der Waals surface area contributed by atoms with Crippen molar-refractivity contribution in [3.63, 3.8) is 0 Å². The highest BCUT2D eigenvalue weighted by Crippen LogP contribution is 2.28. The van der Waals surface area contributed by atoms with Gasteiger partial charge in [-0.2, -0.15) is 14.5 Å². The topological polar surface area (TPSA) is 103 Å². The van der Waals surface area contributed by atoms with Crippen LogP contribution in [0.5, 0.6) is 5.75 Å². The number of sulfonamides is 1. The standard InChI is InChI=1S/C20H22BrClN6O4S/c1-14-19(12-23-25(14)2)33(30,31)28-9-7-26(8-10-28)20(29)17-5-6-27(24-17)13-32-18-4-3-15(22)11-16(18)21/h3-6,11-12H,7-10,13H2,1-2H3. The average Bonchev–Trinajstić information content (AvgIpc) is 3.40. The summed E-state index contributed by atoms with van der Waals surface area (Å²) in [5.41, 5.74) is 0.847. The van der Waals surface area contributed by atoms with Crippen LogP contribution in [-0.4, -0.2) is 69.3 Å². The number of halogens is 2. The Kier molecular flexibility index (Phi) is 6.80. The smallest absolute Gasteiger partial charge is 0.274 e. The zero-order valence-corrected chi connectivity index (χ0v) is 21.1. The summed E-state index contributed by atoms with van der Waals surface area (Å²) in [6, 6.07) is 6.80. The molecule has 0 unspecified atom stereocenters. The number of hydrogen-bond donors (Lipinski definition) is 0. The van der Waals surface area contributed by atoms with E-state index >= 15 is 0 Å².